The maximum atomic E-state index is 13.1. The smallest absolute Gasteiger partial charge is 0.137 e. The molecule has 5 aliphatic carbocycles. The zero-order chi connectivity index (χ0) is 19.0. The molecule has 0 radical (unpaired) electrons. The number of ketones is 1. The Hall–Kier alpha value is -0.890. The van der Waals surface area contributed by atoms with E-state index >= 15 is 0 Å². The summed E-state index contributed by atoms with van der Waals surface area (Å²) in [5.74, 6) is 3.18. The quantitative estimate of drug-likeness (QED) is 0.624. The van der Waals surface area contributed by atoms with Gasteiger partial charge >= 0.3 is 0 Å². The van der Waals surface area contributed by atoms with Crippen molar-refractivity contribution in [2.45, 2.75) is 84.7 Å². The minimum absolute atomic E-state index is 0.106. The molecular formula is C25H36O2. The Morgan fingerprint density at radius 1 is 1.11 bits per heavy atom. The molecule has 3 saturated carbocycles. The van der Waals surface area contributed by atoms with Gasteiger partial charge in [0, 0.05) is 5.41 Å². The number of rotatable bonds is 1. The SMILES string of the molecule is CC(=O)C12CC=CC[C@@H]1C[C@H]1[C@@H]3CC=C4CC(O)CC[C@]4(C)[C@H]3CC[C@@]12C. The van der Waals surface area contributed by atoms with Crippen LogP contribution in [0.25, 0.3) is 0 Å². The van der Waals surface area contributed by atoms with Gasteiger partial charge in [-0.25, -0.2) is 0 Å². The molecule has 2 nitrogen and oxygen atoms in total. The molecule has 27 heavy (non-hydrogen) atoms. The summed E-state index contributed by atoms with van der Waals surface area (Å²) < 4.78 is 0. The van der Waals surface area contributed by atoms with Crippen LogP contribution in [0.1, 0.15) is 78.6 Å². The first-order valence-electron chi connectivity index (χ1n) is 11.4. The highest BCUT2D eigenvalue weighted by atomic mass is 16.3. The van der Waals surface area contributed by atoms with E-state index in [0.29, 0.717) is 23.0 Å². The summed E-state index contributed by atoms with van der Waals surface area (Å²) in [5.41, 5.74) is 1.90. The van der Waals surface area contributed by atoms with E-state index < -0.39 is 0 Å². The number of carbonyl (C=O) groups is 1. The molecule has 3 fully saturated rings. The molecule has 0 aromatic rings. The van der Waals surface area contributed by atoms with Gasteiger partial charge in [0.05, 0.1) is 6.10 Å². The van der Waals surface area contributed by atoms with Gasteiger partial charge in [0.15, 0.2) is 0 Å². The molecule has 0 heterocycles. The predicted molar refractivity (Wildman–Crippen MR) is 108 cm³/mol. The lowest BCUT2D eigenvalue weighted by molar-refractivity contribution is -0.144. The second-order valence-corrected chi connectivity index (χ2v) is 11.0. The Balaban J connectivity index is 1.54. The lowest BCUT2D eigenvalue weighted by Crippen LogP contribution is -2.54. The Kier molecular flexibility index (Phi) is 3.91. The average Bonchev–Trinajstić information content (AvgIpc) is 2.92. The van der Waals surface area contributed by atoms with E-state index in [9.17, 15) is 9.90 Å². The van der Waals surface area contributed by atoms with Gasteiger partial charge in [0.25, 0.3) is 0 Å². The molecule has 0 saturated heterocycles. The third-order valence-corrected chi connectivity index (χ3v) is 10.4. The number of aliphatic hydroxyl groups is 1. The molecule has 5 rings (SSSR count). The second-order valence-electron chi connectivity index (χ2n) is 11.0. The summed E-state index contributed by atoms with van der Waals surface area (Å²) in [4.78, 5) is 13.1. The van der Waals surface area contributed by atoms with Gasteiger partial charge < -0.3 is 5.11 Å². The van der Waals surface area contributed by atoms with Crippen LogP contribution in [0.4, 0.5) is 0 Å². The van der Waals surface area contributed by atoms with Crippen molar-refractivity contribution < 1.29 is 9.90 Å². The summed E-state index contributed by atoms with van der Waals surface area (Å²) in [6, 6.07) is 0. The third kappa shape index (κ3) is 2.14. The fourth-order valence-electron chi connectivity index (χ4n) is 8.98. The number of aliphatic hydroxyl groups excluding tert-OH is 1. The molecule has 8 atom stereocenters. The Labute approximate surface area is 164 Å². The first-order valence-corrected chi connectivity index (χ1v) is 11.4. The van der Waals surface area contributed by atoms with Crippen molar-refractivity contribution in [1.82, 2.24) is 0 Å². The molecule has 0 spiro atoms. The van der Waals surface area contributed by atoms with E-state index in [0.717, 1.165) is 43.9 Å². The number of allylic oxidation sites excluding steroid dienone is 3. The van der Waals surface area contributed by atoms with Crippen molar-refractivity contribution >= 4 is 5.78 Å². The molecule has 0 amide bonds. The van der Waals surface area contributed by atoms with Gasteiger partial charge in [-0.1, -0.05) is 37.6 Å². The van der Waals surface area contributed by atoms with Crippen molar-refractivity contribution in [2.75, 3.05) is 0 Å². The van der Waals surface area contributed by atoms with Crippen molar-refractivity contribution in [3.05, 3.63) is 23.8 Å². The van der Waals surface area contributed by atoms with Gasteiger partial charge in [-0.15, -0.1) is 0 Å². The molecule has 1 N–H and O–H groups in total. The maximum absolute atomic E-state index is 13.1. The highest BCUT2D eigenvalue weighted by Gasteiger charge is 2.68. The predicted octanol–water partition coefficient (Wildman–Crippen LogP) is 5.46. The lowest BCUT2D eigenvalue weighted by atomic mass is 9.44. The minimum atomic E-state index is -0.129. The minimum Gasteiger partial charge on any atom is -0.393 e. The Morgan fingerprint density at radius 3 is 2.70 bits per heavy atom. The van der Waals surface area contributed by atoms with E-state index in [1.54, 1.807) is 5.57 Å². The third-order valence-electron chi connectivity index (χ3n) is 10.4. The summed E-state index contributed by atoms with van der Waals surface area (Å²) in [6.07, 6.45) is 17.0. The van der Waals surface area contributed by atoms with E-state index in [-0.39, 0.29) is 16.9 Å². The van der Waals surface area contributed by atoms with Crippen LogP contribution >= 0.6 is 0 Å². The molecule has 0 aromatic carbocycles. The Morgan fingerprint density at radius 2 is 1.93 bits per heavy atom. The van der Waals surface area contributed by atoms with Crippen LogP contribution in [0.3, 0.4) is 0 Å². The van der Waals surface area contributed by atoms with Crippen LogP contribution in [0, 0.1) is 39.9 Å². The largest absolute Gasteiger partial charge is 0.393 e. The van der Waals surface area contributed by atoms with E-state index in [2.05, 4.69) is 32.1 Å². The summed E-state index contributed by atoms with van der Waals surface area (Å²) in [5, 5.41) is 10.2. The fraction of sp³-hybridized carbons (Fsp3) is 0.800. The fourth-order valence-corrected chi connectivity index (χ4v) is 8.98. The number of hydrogen-bond donors (Lipinski definition) is 1. The highest BCUT2D eigenvalue weighted by molar-refractivity contribution is 5.85. The molecule has 2 heteroatoms. The zero-order valence-corrected chi connectivity index (χ0v) is 17.3. The van der Waals surface area contributed by atoms with Crippen LogP contribution in [0.15, 0.2) is 23.8 Å². The lowest BCUT2D eigenvalue weighted by Gasteiger charge is -2.60. The van der Waals surface area contributed by atoms with Gasteiger partial charge in [-0.3, -0.25) is 4.79 Å². The first kappa shape index (κ1) is 18.2. The molecule has 0 aromatic heterocycles. The monoisotopic (exact) mass is 368 g/mol. The summed E-state index contributed by atoms with van der Waals surface area (Å²) >= 11 is 0. The second kappa shape index (κ2) is 5.81. The Bertz CT molecular complexity index is 720. The van der Waals surface area contributed by atoms with Crippen LogP contribution in [-0.4, -0.2) is 17.0 Å². The normalized spacial score (nSPS) is 53.6. The first-order chi connectivity index (χ1) is 12.8. The van der Waals surface area contributed by atoms with Crippen molar-refractivity contribution in [1.29, 1.82) is 0 Å². The maximum Gasteiger partial charge on any atom is 0.137 e. The van der Waals surface area contributed by atoms with Crippen LogP contribution in [0.2, 0.25) is 0 Å². The van der Waals surface area contributed by atoms with Crippen LogP contribution in [0.5, 0.6) is 0 Å². The van der Waals surface area contributed by atoms with E-state index in [1.165, 1.54) is 25.7 Å². The molecule has 0 aliphatic heterocycles. The van der Waals surface area contributed by atoms with Gasteiger partial charge in [-0.2, -0.15) is 0 Å². The highest BCUT2D eigenvalue weighted by Crippen LogP contribution is 2.73. The van der Waals surface area contributed by atoms with Crippen molar-refractivity contribution in [3.8, 4) is 0 Å². The number of carbonyl (C=O) groups excluding carboxylic acids is 1. The topological polar surface area (TPSA) is 37.3 Å². The van der Waals surface area contributed by atoms with Crippen molar-refractivity contribution in [3.63, 3.8) is 0 Å². The average molecular weight is 369 g/mol. The number of Topliss-reactive ketones (excluding diaryl/α,β-unsaturated/α-hetero) is 1. The van der Waals surface area contributed by atoms with E-state index in [4.69, 9.17) is 0 Å². The number of hydrogen-bond acceptors (Lipinski definition) is 2. The molecule has 148 valence electrons. The van der Waals surface area contributed by atoms with Gasteiger partial charge in [0.2, 0.25) is 0 Å². The molecular weight excluding hydrogens is 332 g/mol. The standard InChI is InChI=1S/C25H36O2/c1-16(26)25-11-5-4-6-18(25)15-22-20-8-7-17-14-19(27)9-12-23(17,2)21(20)10-13-24(22,25)3/h4-5,7,18-22,27H,6,8-15H2,1-3H3/t18-,19?,20-,21+,22+,23+,24+,25?/m1/s1. The molecule has 2 unspecified atom stereocenters. The molecule has 5 aliphatic rings. The number of fused-ring (bicyclic) bond motifs is 7. The van der Waals surface area contributed by atoms with Crippen molar-refractivity contribution in [2.24, 2.45) is 39.9 Å². The zero-order valence-electron chi connectivity index (χ0n) is 17.3. The summed E-state index contributed by atoms with van der Waals surface area (Å²) in [6.45, 7) is 6.86. The van der Waals surface area contributed by atoms with Gasteiger partial charge in [-0.05, 0) is 99.2 Å². The van der Waals surface area contributed by atoms with Gasteiger partial charge in [0.1, 0.15) is 5.78 Å². The molecule has 0 bridgehead atoms. The van der Waals surface area contributed by atoms with Crippen LogP contribution < -0.4 is 0 Å². The van der Waals surface area contributed by atoms with Crippen LogP contribution in [-0.2, 0) is 4.79 Å². The summed E-state index contributed by atoms with van der Waals surface area (Å²) in [7, 11) is 0. The van der Waals surface area contributed by atoms with E-state index in [1.807, 2.05) is 6.92 Å².